The van der Waals surface area contributed by atoms with Gasteiger partial charge in [-0.15, -0.1) is 0 Å². The zero-order valence-corrected chi connectivity index (χ0v) is 9.32. The van der Waals surface area contributed by atoms with Crippen LogP contribution in [-0.2, 0) is 4.79 Å². The highest BCUT2D eigenvalue weighted by Crippen LogP contribution is 2.31. The lowest BCUT2D eigenvalue weighted by Crippen LogP contribution is -2.28. The van der Waals surface area contributed by atoms with E-state index in [-0.39, 0.29) is 11.9 Å². The third kappa shape index (κ3) is 2.33. The van der Waals surface area contributed by atoms with Gasteiger partial charge in [-0.25, -0.2) is 0 Å². The topological polar surface area (TPSA) is 50.4 Å². The maximum absolute atomic E-state index is 11.0. The molecule has 1 aliphatic rings. The van der Waals surface area contributed by atoms with Crippen LogP contribution in [0.2, 0.25) is 0 Å². The minimum absolute atomic E-state index is 0.0553. The summed E-state index contributed by atoms with van der Waals surface area (Å²) in [5.74, 6) is 1.000. The smallest absolute Gasteiger partial charge is 0.221 e. The van der Waals surface area contributed by atoms with Gasteiger partial charge in [-0.3, -0.25) is 4.79 Å². The monoisotopic (exact) mass is 220 g/mol. The fraction of sp³-hybridized carbons (Fsp3) is 0.417. The van der Waals surface area contributed by atoms with Gasteiger partial charge in [0.1, 0.15) is 12.4 Å². The molecule has 4 nitrogen and oxygen atoms in total. The normalized spacial score (nSPS) is 17.7. The minimum atomic E-state index is 0.0553. The molecule has 2 rings (SSSR count). The fourth-order valence-electron chi connectivity index (χ4n) is 1.82. The zero-order valence-electron chi connectivity index (χ0n) is 9.32. The first-order valence-corrected chi connectivity index (χ1v) is 5.47. The molecular weight excluding hydrogens is 204 g/mol. The third-order valence-corrected chi connectivity index (χ3v) is 2.72. The molecule has 2 N–H and O–H groups in total. The van der Waals surface area contributed by atoms with Crippen LogP contribution in [0.15, 0.2) is 24.3 Å². The second-order valence-electron chi connectivity index (χ2n) is 3.78. The molecule has 0 saturated carbocycles. The van der Waals surface area contributed by atoms with Crippen molar-refractivity contribution < 1.29 is 9.53 Å². The second kappa shape index (κ2) is 4.99. The lowest BCUT2D eigenvalue weighted by molar-refractivity contribution is -0.120. The third-order valence-electron chi connectivity index (χ3n) is 2.72. The molecule has 1 heterocycles. The summed E-state index contributed by atoms with van der Waals surface area (Å²) in [5.41, 5.74) is 1.18. The number of hydrogen-bond donors (Lipinski definition) is 2. The second-order valence-corrected chi connectivity index (χ2v) is 3.78. The van der Waals surface area contributed by atoms with Gasteiger partial charge in [0, 0.05) is 25.6 Å². The summed E-state index contributed by atoms with van der Waals surface area (Å²) in [7, 11) is 1.65. The van der Waals surface area contributed by atoms with E-state index in [0.29, 0.717) is 19.6 Å². The van der Waals surface area contributed by atoms with Gasteiger partial charge in [0.25, 0.3) is 0 Å². The Morgan fingerprint density at radius 2 is 2.31 bits per heavy atom. The summed E-state index contributed by atoms with van der Waals surface area (Å²) in [4.78, 5) is 11.0. The van der Waals surface area contributed by atoms with E-state index in [0.717, 1.165) is 5.75 Å². The molecule has 1 amide bonds. The zero-order chi connectivity index (χ0) is 11.4. The summed E-state index contributed by atoms with van der Waals surface area (Å²) in [6, 6.07) is 8.20. The summed E-state index contributed by atoms with van der Waals surface area (Å²) < 4.78 is 5.53. The van der Waals surface area contributed by atoms with E-state index in [4.69, 9.17) is 4.74 Å². The van der Waals surface area contributed by atoms with Crippen molar-refractivity contribution in [2.24, 2.45) is 0 Å². The van der Waals surface area contributed by atoms with Crippen molar-refractivity contribution >= 4 is 5.91 Å². The lowest BCUT2D eigenvalue weighted by Gasteiger charge is -2.10. The highest BCUT2D eigenvalue weighted by molar-refractivity contribution is 5.75. The van der Waals surface area contributed by atoms with Gasteiger partial charge in [-0.2, -0.15) is 0 Å². The summed E-state index contributed by atoms with van der Waals surface area (Å²) in [6.45, 7) is 1.31. The molecule has 0 bridgehead atoms. The number of ether oxygens (including phenoxy) is 1. The number of fused-ring (bicyclic) bond motifs is 1. The molecule has 1 aromatic carbocycles. The highest BCUT2D eigenvalue weighted by atomic mass is 16.5. The van der Waals surface area contributed by atoms with Crippen LogP contribution in [0.25, 0.3) is 0 Å². The van der Waals surface area contributed by atoms with Crippen molar-refractivity contribution in [1.82, 2.24) is 10.6 Å². The average molecular weight is 220 g/mol. The first-order valence-electron chi connectivity index (χ1n) is 5.47. The fourth-order valence-corrected chi connectivity index (χ4v) is 1.82. The van der Waals surface area contributed by atoms with Gasteiger partial charge in [-0.1, -0.05) is 18.2 Å². The summed E-state index contributed by atoms with van der Waals surface area (Å²) in [6.07, 6.45) is 0.495. The molecular formula is C12H16N2O2. The molecule has 1 atom stereocenters. The van der Waals surface area contributed by atoms with Crippen LogP contribution in [0.4, 0.5) is 0 Å². The van der Waals surface area contributed by atoms with Crippen molar-refractivity contribution in [1.29, 1.82) is 0 Å². The number of hydrogen-bond acceptors (Lipinski definition) is 3. The predicted octanol–water partition coefficient (Wildman–Crippen LogP) is 0.846. The largest absolute Gasteiger partial charge is 0.491 e. The number of amides is 1. The first-order chi connectivity index (χ1) is 7.81. The number of benzene rings is 1. The molecule has 1 aromatic rings. The molecule has 1 unspecified atom stereocenters. The van der Waals surface area contributed by atoms with Crippen LogP contribution in [0.1, 0.15) is 18.0 Å². The van der Waals surface area contributed by atoms with Crippen LogP contribution in [0.3, 0.4) is 0 Å². The van der Waals surface area contributed by atoms with Crippen LogP contribution >= 0.6 is 0 Å². The van der Waals surface area contributed by atoms with Crippen LogP contribution in [0.5, 0.6) is 5.75 Å². The number of rotatable bonds is 4. The van der Waals surface area contributed by atoms with E-state index < -0.39 is 0 Å². The number of carbonyl (C=O) groups is 1. The molecule has 0 radical (unpaired) electrons. The Hall–Kier alpha value is -1.55. The van der Waals surface area contributed by atoms with Gasteiger partial charge < -0.3 is 15.4 Å². The van der Waals surface area contributed by atoms with E-state index in [1.807, 2.05) is 18.2 Å². The molecule has 16 heavy (non-hydrogen) atoms. The highest BCUT2D eigenvalue weighted by Gasteiger charge is 2.22. The molecule has 0 saturated heterocycles. The van der Waals surface area contributed by atoms with E-state index >= 15 is 0 Å². The maximum Gasteiger partial charge on any atom is 0.221 e. The van der Waals surface area contributed by atoms with Gasteiger partial charge in [0.15, 0.2) is 0 Å². The van der Waals surface area contributed by atoms with Crippen molar-refractivity contribution in [3.8, 4) is 5.75 Å². The Kier molecular flexibility index (Phi) is 3.41. The molecule has 0 aromatic heterocycles. The van der Waals surface area contributed by atoms with Crippen molar-refractivity contribution in [2.45, 2.75) is 12.5 Å². The van der Waals surface area contributed by atoms with Crippen molar-refractivity contribution in [2.75, 3.05) is 20.2 Å². The molecule has 1 aliphatic heterocycles. The SMILES string of the molecule is CNC(=O)CCNC1COc2ccccc21. The molecule has 86 valence electrons. The Balaban J connectivity index is 1.86. The van der Waals surface area contributed by atoms with Crippen molar-refractivity contribution in [3.63, 3.8) is 0 Å². The molecule has 0 aliphatic carbocycles. The van der Waals surface area contributed by atoms with Gasteiger partial charge in [0.2, 0.25) is 5.91 Å². The Morgan fingerprint density at radius 3 is 3.12 bits per heavy atom. The minimum Gasteiger partial charge on any atom is -0.491 e. The quantitative estimate of drug-likeness (QED) is 0.790. The maximum atomic E-state index is 11.0. The van der Waals surface area contributed by atoms with Gasteiger partial charge >= 0.3 is 0 Å². The van der Waals surface area contributed by atoms with Gasteiger partial charge in [-0.05, 0) is 6.07 Å². The van der Waals surface area contributed by atoms with E-state index in [1.54, 1.807) is 7.05 Å². The Bertz CT molecular complexity index is 379. The van der Waals surface area contributed by atoms with Gasteiger partial charge in [0.05, 0.1) is 6.04 Å². The first kappa shape index (κ1) is 11.0. The Morgan fingerprint density at radius 1 is 1.50 bits per heavy atom. The Labute approximate surface area is 95.0 Å². The van der Waals surface area contributed by atoms with Crippen molar-refractivity contribution in [3.05, 3.63) is 29.8 Å². The summed E-state index contributed by atoms with van der Waals surface area (Å²) in [5, 5.41) is 5.92. The van der Waals surface area contributed by atoms with E-state index in [9.17, 15) is 4.79 Å². The van der Waals surface area contributed by atoms with Crippen LogP contribution in [0, 0.1) is 0 Å². The van der Waals surface area contributed by atoms with Crippen LogP contribution < -0.4 is 15.4 Å². The average Bonchev–Trinajstić information content (AvgIpc) is 2.73. The standard InChI is InChI=1S/C12H16N2O2/c1-13-12(15)6-7-14-10-8-16-11-5-3-2-4-9(10)11/h2-5,10,14H,6-8H2,1H3,(H,13,15). The van der Waals surface area contributed by atoms with E-state index in [2.05, 4.69) is 16.7 Å². The molecule has 0 spiro atoms. The van der Waals surface area contributed by atoms with E-state index in [1.165, 1.54) is 5.56 Å². The summed E-state index contributed by atoms with van der Waals surface area (Å²) >= 11 is 0. The molecule has 4 heteroatoms. The molecule has 0 fully saturated rings. The number of carbonyl (C=O) groups excluding carboxylic acids is 1. The predicted molar refractivity (Wildman–Crippen MR) is 61.4 cm³/mol. The number of para-hydroxylation sites is 1. The number of nitrogens with one attached hydrogen (secondary N) is 2. The van der Waals surface area contributed by atoms with Crippen LogP contribution in [-0.4, -0.2) is 26.1 Å². The lowest BCUT2D eigenvalue weighted by atomic mass is 10.1.